The van der Waals surface area contributed by atoms with Crippen LogP contribution in [0.3, 0.4) is 0 Å². The van der Waals surface area contributed by atoms with Gasteiger partial charge in [0, 0.05) is 12.6 Å². The number of carbonyl (C=O) groups excluding carboxylic acids is 1. The van der Waals surface area contributed by atoms with Gasteiger partial charge in [-0.25, -0.2) is 4.39 Å². The summed E-state index contributed by atoms with van der Waals surface area (Å²) in [6.45, 7) is 1.58. The maximum absolute atomic E-state index is 13.1. The molecule has 0 aromatic heterocycles. The predicted octanol–water partition coefficient (Wildman–Crippen LogP) is 2.60. The molecule has 0 radical (unpaired) electrons. The molecule has 1 heterocycles. The molecule has 1 atom stereocenters. The summed E-state index contributed by atoms with van der Waals surface area (Å²) in [5.74, 6) is -0.121. The average molecular weight is 334 g/mol. The fourth-order valence-electron chi connectivity index (χ4n) is 3.82. The summed E-state index contributed by atoms with van der Waals surface area (Å²) in [5, 5.41) is 12.8. The zero-order valence-corrected chi connectivity index (χ0v) is 14.1. The third kappa shape index (κ3) is 4.54. The van der Waals surface area contributed by atoms with Gasteiger partial charge in [-0.3, -0.25) is 9.69 Å². The van der Waals surface area contributed by atoms with Crippen LogP contribution >= 0.6 is 0 Å². The van der Waals surface area contributed by atoms with Gasteiger partial charge in [0.2, 0.25) is 5.91 Å². The van der Waals surface area contributed by atoms with E-state index in [-0.39, 0.29) is 29.9 Å². The number of piperidine rings is 1. The molecule has 1 aliphatic carbocycles. The van der Waals surface area contributed by atoms with Crippen molar-refractivity contribution in [3.63, 3.8) is 0 Å². The maximum Gasteiger partial charge on any atom is 0.237 e. The second kappa shape index (κ2) is 8.08. The molecule has 132 valence electrons. The number of carbonyl (C=O) groups is 1. The van der Waals surface area contributed by atoms with Crippen molar-refractivity contribution in [3.8, 4) is 0 Å². The Hall–Kier alpha value is -1.46. The van der Waals surface area contributed by atoms with Crippen molar-refractivity contribution in [3.05, 3.63) is 35.6 Å². The van der Waals surface area contributed by atoms with Gasteiger partial charge in [-0.15, -0.1) is 0 Å². The summed E-state index contributed by atoms with van der Waals surface area (Å²) in [6, 6.07) is 6.62. The van der Waals surface area contributed by atoms with E-state index in [1.54, 1.807) is 12.1 Å². The molecule has 2 aliphatic rings. The highest BCUT2D eigenvalue weighted by Crippen LogP contribution is 2.22. The van der Waals surface area contributed by atoms with Gasteiger partial charge in [0.25, 0.3) is 0 Å². The zero-order valence-electron chi connectivity index (χ0n) is 14.1. The van der Waals surface area contributed by atoms with E-state index in [4.69, 9.17) is 0 Å². The molecule has 1 aliphatic heterocycles. The Bertz CT molecular complexity index is 541. The summed E-state index contributed by atoms with van der Waals surface area (Å²) >= 11 is 0. The van der Waals surface area contributed by atoms with Gasteiger partial charge in [-0.1, -0.05) is 18.6 Å². The van der Waals surface area contributed by atoms with Gasteiger partial charge in [0.1, 0.15) is 5.82 Å². The first-order chi connectivity index (χ1) is 11.6. The lowest BCUT2D eigenvalue weighted by Gasteiger charge is -2.36. The number of aliphatic hydroxyl groups excluding tert-OH is 1. The quantitative estimate of drug-likeness (QED) is 0.890. The molecule has 3 rings (SSSR count). The fraction of sp³-hybridized carbons (Fsp3) is 0.632. The van der Waals surface area contributed by atoms with Crippen molar-refractivity contribution < 1.29 is 14.3 Å². The summed E-state index contributed by atoms with van der Waals surface area (Å²) in [7, 11) is 0. The number of hydrogen-bond acceptors (Lipinski definition) is 3. The smallest absolute Gasteiger partial charge is 0.237 e. The number of nitrogens with one attached hydrogen (secondary N) is 1. The van der Waals surface area contributed by atoms with E-state index in [1.807, 2.05) is 0 Å². The zero-order chi connectivity index (χ0) is 16.9. The molecule has 2 fully saturated rings. The first-order valence-corrected chi connectivity index (χ1v) is 9.09. The minimum Gasteiger partial charge on any atom is -0.393 e. The van der Waals surface area contributed by atoms with E-state index >= 15 is 0 Å². The lowest BCUT2D eigenvalue weighted by Crippen LogP contribution is -2.52. The van der Waals surface area contributed by atoms with Crippen LogP contribution in [-0.4, -0.2) is 40.6 Å². The van der Waals surface area contributed by atoms with Crippen LogP contribution in [0.15, 0.2) is 24.3 Å². The van der Waals surface area contributed by atoms with Gasteiger partial charge in [-0.05, 0) is 62.8 Å². The Balaban J connectivity index is 1.58. The first kappa shape index (κ1) is 17.4. The molecule has 2 N–H and O–H groups in total. The molecule has 1 aromatic rings. The number of nitrogens with zero attached hydrogens (tertiary/aromatic N) is 1. The molecule has 24 heavy (non-hydrogen) atoms. The van der Waals surface area contributed by atoms with Crippen molar-refractivity contribution in [2.24, 2.45) is 0 Å². The minimum atomic E-state index is -0.230. The lowest BCUT2D eigenvalue weighted by atomic mass is 9.92. The van der Waals surface area contributed by atoms with Crippen molar-refractivity contribution in [1.29, 1.82) is 0 Å². The van der Waals surface area contributed by atoms with E-state index in [2.05, 4.69) is 10.2 Å². The monoisotopic (exact) mass is 334 g/mol. The summed E-state index contributed by atoms with van der Waals surface area (Å²) in [5.41, 5.74) is 1.04. The molecule has 1 saturated heterocycles. The van der Waals surface area contributed by atoms with Crippen molar-refractivity contribution in [1.82, 2.24) is 10.2 Å². The number of aliphatic hydroxyl groups is 1. The molecule has 1 amide bonds. The lowest BCUT2D eigenvalue weighted by molar-refractivity contribution is -0.129. The number of rotatable bonds is 4. The SMILES string of the molecule is O=C(NC1CCC(O)CC1)C1CCCCN1Cc1ccc(F)cc1. The van der Waals surface area contributed by atoms with Crippen molar-refractivity contribution >= 4 is 5.91 Å². The fourth-order valence-corrected chi connectivity index (χ4v) is 3.82. The van der Waals surface area contributed by atoms with Gasteiger partial charge in [-0.2, -0.15) is 0 Å². The molecule has 5 heteroatoms. The third-order valence-corrected chi connectivity index (χ3v) is 5.26. The molecule has 0 bridgehead atoms. The number of hydrogen-bond donors (Lipinski definition) is 2. The Morgan fingerprint density at radius 1 is 1.12 bits per heavy atom. The molecule has 1 unspecified atom stereocenters. The Kier molecular flexibility index (Phi) is 5.85. The second-order valence-electron chi connectivity index (χ2n) is 7.12. The second-order valence-corrected chi connectivity index (χ2v) is 7.12. The third-order valence-electron chi connectivity index (χ3n) is 5.26. The Labute approximate surface area is 143 Å². The van der Waals surface area contributed by atoms with E-state index in [1.165, 1.54) is 12.1 Å². The standard InChI is InChI=1S/C19H27FN2O2/c20-15-6-4-14(5-7-15)13-22-12-2-1-3-18(22)19(24)21-16-8-10-17(23)11-9-16/h4-7,16-18,23H,1-3,8-13H2,(H,21,24). The number of halogens is 1. The van der Waals surface area contributed by atoms with Gasteiger partial charge >= 0.3 is 0 Å². The topological polar surface area (TPSA) is 52.6 Å². The van der Waals surface area contributed by atoms with Crippen LogP contribution in [0, 0.1) is 5.82 Å². The highest BCUT2D eigenvalue weighted by molar-refractivity contribution is 5.82. The van der Waals surface area contributed by atoms with Crippen molar-refractivity contribution in [2.75, 3.05) is 6.54 Å². The highest BCUT2D eigenvalue weighted by Gasteiger charge is 2.30. The van der Waals surface area contributed by atoms with Crippen LogP contribution in [0.4, 0.5) is 4.39 Å². The van der Waals surface area contributed by atoms with Gasteiger partial charge < -0.3 is 10.4 Å². The normalized spacial score (nSPS) is 28.5. The summed E-state index contributed by atoms with van der Waals surface area (Å²) in [6.07, 6.45) is 6.10. The highest BCUT2D eigenvalue weighted by atomic mass is 19.1. The molecule has 1 aromatic carbocycles. The minimum absolute atomic E-state index is 0.101. The summed E-state index contributed by atoms with van der Waals surface area (Å²) < 4.78 is 13.1. The molecular weight excluding hydrogens is 307 g/mol. The van der Waals surface area contributed by atoms with Crippen LogP contribution in [0.1, 0.15) is 50.5 Å². The Morgan fingerprint density at radius 2 is 1.83 bits per heavy atom. The van der Waals surface area contributed by atoms with Gasteiger partial charge in [0.15, 0.2) is 0 Å². The molecule has 4 nitrogen and oxygen atoms in total. The summed E-state index contributed by atoms with van der Waals surface area (Å²) in [4.78, 5) is 14.9. The van der Waals surface area contributed by atoms with Crippen LogP contribution in [0.25, 0.3) is 0 Å². The largest absolute Gasteiger partial charge is 0.393 e. The number of amides is 1. The van der Waals surface area contributed by atoms with Crippen molar-refractivity contribution in [2.45, 2.75) is 69.7 Å². The van der Waals surface area contributed by atoms with E-state index in [9.17, 15) is 14.3 Å². The van der Waals surface area contributed by atoms with Gasteiger partial charge in [0.05, 0.1) is 12.1 Å². The van der Waals surface area contributed by atoms with E-state index in [0.717, 1.165) is 57.1 Å². The molecular formula is C19H27FN2O2. The molecule has 0 spiro atoms. The first-order valence-electron chi connectivity index (χ1n) is 9.09. The number of likely N-dealkylation sites (tertiary alicyclic amines) is 1. The molecule has 1 saturated carbocycles. The number of benzene rings is 1. The maximum atomic E-state index is 13.1. The van der Waals surface area contributed by atoms with Crippen LogP contribution in [-0.2, 0) is 11.3 Å². The average Bonchev–Trinajstić information content (AvgIpc) is 2.59. The van der Waals surface area contributed by atoms with Crippen LogP contribution < -0.4 is 5.32 Å². The predicted molar refractivity (Wildman–Crippen MR) is 90.9 cm³/mol. The Morgan fingerprint density at radius 3 is 2.54 bits per heavy atom. The van der Waals surface area contributed by atoms with Crippen LogP contribution in [0.2, 0.25) is 0 Å². The van der Waals surface area contributed by atoms with E-state index < -0.39 is 0 Å². The van der Waals surface area contributed by atoms with Crippen LogP contribution in [0.5, 0.6) is 0 Å². The van der Waals surface area contributed by atoms with E-state index in [0.29, 0.717) is 6.54 Å².